The summed E-state index contributed by atoms with van der Waals surface area (Å²) >= 11 is 7.87. The molecule has 0 heterocycles. The van der Waals surface area contributed by atoms with Gasteiger partial charge in [0.1, 0.15) is 0 Å². The maximum atomic E-state index is 10.3. The molecule has 4 nitrogen and oxygen atoms in total. The van der Waals surface area contributed by atoms with Crippen molar-refractivity contribution in [1.29, 1.82) is 0 Å². The van der Waals surface area contributed by atoms with Crippen LogP contribution in [0, 0.1) is 0 Å². The smallest absolute Gasteiger partial charge is 0.549 e. The molecule has 180 valence electrons. The second-order valence-electron chi connectivity index (χ2n) is 8.20. The van der Waals surface area contributed by atoms with Crippen LogP contribution < -0.4 is 10.2 Å². The molecule has 2 unspecified atom stereocenters. The number of carbonyl (C=O) groups is 2. The van der Waals surface area contributed by atoms with Crippen LogP contribution in [0.3, 0.4) is 0 Å². The van der Waals surface area contributed by atoms with Crippen molar-refractivity contribution in [3.63, 3.8) is 0 Å². The van der Waals surface area contributed by atoms with Crippen LogP contribution in [0.4, 0.5) is 0 Å². The summed E-state index contributed by atoms with van der Waals surface area (Å²) in [7, 11) is 0. The number of aliphatic carboxylic acids is 2. The molecule has 0 aliphatic heterocycles. The number of carbonyl (C=O) groups excluding carboxylic acids is 2. The fraction of sp³-hybridized carbons (Fsp3) is 0.917. The van der Waals surface area contributed by atoms with Crippen molar-refractivity contribution in [2.75, 3.05) is 0 Å². The Morgan fingerprint density at radius 2 is 0.774 bits per heavy atom. The summed E-state index contributed by atoms with van der Waals surface area (Å²) < 4.78 is 0. The van der Waals surface area contributed by atoms with Crippen LogP contribution in [0.15, 0.2) is 0 Å². The molecule has 0 aromatic heterocycles. The summed E-state index contributed by atoms with van der Waals surface area (Å²) in [5.41, 5.74) is 0. The van der Waals surface area contributed by atoms with Crippen LogP contribution in [-0.4, -0.2) is 45.5 Å². The van der Waals surface area contributed by atoms with Crippen molar-refractivity contribution in [3.8, 4) is 0 Å². The Kier molecular flexibility index (Phi) is 33.0. The van der Waals surface area contributed by atoms with E-state index in [0.717, 1.165) is 25.7 Å². The van der Waals surface area contributed by atoms with Crippen LogP contribution in [-0.2, 0) is 9.59 Å². The predicted octanol–water partition coefficient (Wildman–Crippen LogP) is 4.75. The Labute approximate surface area is 219 Å². The Hall–Kier alpha value is 0.406. The average molecular weight is 487 g/mol. The molecule has 0 N–H and O–H groups in total. The van der Waals surface area contributed by atoms with Crippen molar-refractivity contribution in [2.24, 2.45) is 0 Å². The van der Waals surface area contributed by atoms with Crippen molar-refractivity contribution in [1.82, 2.24) is 0 Å². The fourth-order valence-corrected chi connectivity index (χ4v) is 3.54. The maximum Gasteiger partial charge on any atom is 2.00 e. The van der Waals surface area contributed by atoms with E-state index in [1.165, 1.54) is 77.0 Å². The summed E-state index contributed by atoms with van der Waals surface area (Å²) in [5.74, 6) is -2.08. The van der Waals surface area contributed by atoms with E-state index in [0.29, 0.717) is 12.8 Å². The normalized spacial score (nSPS) is 12.3. The number of carboxylic acid groups (broad SMARTS) is 2. The van der Waals surface area contributed by atoms with E-state index in [1.807, 2.05) is 0 Å². The molecule has 0 amide bonds. The third-order valence-electron chi connectivity index (χ3n) is 5.21. The van der Waals surface area contributed by atoms with Gasteiger partial charge in [0.2, 0.25) is 0 Å². The minimum absolute atomic E-state index is 0. The fourth-order valence-electron chi connectivity index (χ4n) is 3.18. The van der Waals surface area contributed by atoms with Crippen molar-refractivity contribution in [2.45, 2.75) is 140 Å². The summed E-state index contributed by atoms with van der Waals surface area (Å²) in [6.07, 6.45) is 21.0. The van der Waals surface area contributed by atoms with E-state index in [-0.39, 0.29) is 23.1 Å². The zero-order valence-electron chi connectivity index (χ0n) is 20.1. The molecule has 2 atom stereocenters. The van der Waals surface area contributed by atoms with Crippen LogP contribution in [0.25, 0.3) is 0 Å². The number of hydrogen-bond acceptors (Lipinski definition) is 6. The predicted molar refractivity (Wildman–Crippen MR) is 136 cm³/mol. The first-order valence-corrected chi connectivity index (χ1v) is 13.2. The van der Waals surface area contributed by atoms with Gasteiger partial charge in [0.25, 0.3) is 0 Å². The van der Waals surface area contributed by atoms with E-state index in [4.69, 9.17) is 0 Å². The number of rotatable bonds is 20. The third-order valence-corrected chi connectivity index (χ3v) is 6.14. The molecule has 7 heteroatoms. The standard InChI is InChI=1S/2C12H24O2S.Mg/c2*1-2-3-4-5-6-7-8-9-10-11(15)12(13)14;/h2*11,15H,2-10H2,1H3,(H,13,14);/q;;+2/p-2. The van der Waals surface area contributed by atoms with Crippen molar-refractivity contribution < 1.29 is 19.8 Å². The molecule has 0 radical (unpaired) electrons. The summed E-state index contributed by atoms with van der Waals surface area (Å²) in [5, 5.41) is 19.5. The topological polar surface area (TPSA) is 80.3 Å². The molecule has 0 saturated carbocycles. The first kappa shape index (κ1) is 36.0. The molecule has 0 aliphatic carbocycles. The van der Waals surface area contributed by atoms with Gasteiger partial charge in [0, 0.05) is 10.5 Å². The van der Waals surface area contributed by atoms with E-state index in [9.17, 15) is 19.8 Å². The van der Waals surface area contributed by atoms with Crippen molar-refractivity contribution in [3.05, 3.63) is 0 Å². The van der Waals surface area contributed by atoms with Gasteiger partial charge in [-0.3, -0.25) is 0 Å². The molecule has 0 spiro atoms. The maximum absolute atomic E-state index is 10.3. The molecule has 31 heavy (non-hydrogen) atoms. The minimum atomic E-state index is -1.04. The van der Waals surface area contributed by atoms with Gasteiger partial charge < -0.3 is 19.8 Å². The third kappa shape index (κ3) is 30.4. The van der Waals surface area contributed by atoms with Gasteiger partial charge in [-0.25, -0.2) is 0 Å². The minimum Gasteiger partial charge on any atom is -0.549 e. The Bertz CT molecular complexity index is 362. The van der Waals surface area contributed by atoms with Crippen LogP contribution in [0.5, 0.6) is 0 Å². The van der Waals surface area contributed by atoms with E-state index in [1.54, 1.807) is 0 Å². The van der Waals surface area contributed by atoms with Gasteiger partial charge in [-0.15, -0.1) is 0 Å². The van der Waals surface area contributed by atoms with Gasteiger partial charge in [-0.2, -0.15) is 25.3 Å². The van der Waals surface area contributed by atoms with Gasteiger partial charge in [0.15, 0.2) is 0 Å². The summed E-state index contributed by atoms with van der Waals surface area (Å²) in [6.45, 7) is 4.43. The van der Waals surface area contributed by atoms with Crippen LogP contribution in [0.2, 0.25) is 0 Å². The largest absolute Gasteiger partial charge is 2.00 e. The van der Waals surface area contributed by atoms with Gasteiger partial charge in [-0.05, 0) is 12.8 Å². The zero-order valence-corrected chi connectivity index (χ0v) is 23.3. The molecular formula is C24H46MgO4S2. The quantitative estimate of drug-likeness (QED) is 0.148. The number of thiol groups is 2. The zero-order chi connectivity index (χ0) is 23.0. The molecular weight excluding hydrogens is 441 g/mol. The van der Waals surface area contributed by atoms with Gasteiger partial charge in [0.05, 0.1) is 11.9 Å². The first-order valence-electron chi connectivity index (χ1n) is 12.1. The van der Waals surface area contributed by atoms with Gasteiger partial charge >= 0.3 is 23.1 Å². The number of carboxylic acids is 2. The van der Waals surface area contributed by atoms with Gasteiger partial charge in [-0.1, -0.05) is 117 Å². The Morgan fingerprint density at radius 3 is 1.00 bits per heavy atom. The number of hydrogen-bond donors (Lipinski definition) is 2. The van der Waals surface area contributed by atoms with E-state index in [2.05, 4.69) is 39.1 Å². The summed E-state index contributed by atoms with van der Waals surface area (Å²) in [6, 6.07) is 0. The first-order chi connectivity index (χ1) is 14.4. The molecule has 0 aromatic carbocycles. The van der Waals surface area contributed by atoms with Crippen LogP contribution in [0.1, 0.15) is 129 Å². The molecule has 0 aromatic rings. The molecule has 0 bridgehead atoms. The molecule has 0 saturated heterocycles. The summed E-state index contributed by atoms with van der Waals surface area (Å²) in [4.78, 5) is 20.7. The second-order valence-corrected chi connectivity index (χ2v) is 9.44. The molecule has 0 rings (SSSR count). The van der Waals surface area contributed by atoms with E-state index < -0.39 is 22.4 Å². The van der Waals surface area contributed by atoms with Crippen LogP contribution >= 0.6 is 25.3 Å². The SMILES string of the molecule is CCCCCCCCCCC(S)C(=O)[O-].CCCCCCCCCCC(S)C(=O)[O-].[Mg+2]. The molecule has 0 aliphatic rings. The monoisotopic (exact) mass is 486 g/mol. The number of unbranched alkanes of at least 4 members (excludes halogenated alkanes) is 14. The molecule has 0 fully saturated rings. The van der Waals surface area contributed by atoms with Crippen molar-refractivity contribution >= 4 is 60.2 Å². The average Bonchev–Trinajstić information content (AvgIpc) is 2.71. The Balaban J connectivity index is -0.000000490. The second kappa shape index (κ2) is 28.4. The Morgan fingerprint density at radius 1 is 0.548 bits per heavy atom. The van der Waals surface area contributed by atoms with E-state index >= 15 is 0 Å².